The summed E-state index contributed by atoms with van der Waals surface area (Å²) in [5.74, 6) is -1.80. The second-order valence-electron chi connectivity index (χ2n) is 7.75. The van der Waals surface area contributed by atoms with Crippen LogP contribution in [0.5, 0.6) is 11.5 Å². The molecule has 36 heavy (non-hydrogen) atoms. The second kappa shape index (κ2) is 10.2. The van der Waals surface area contributed by atoms with Crippen molar-refractivity contribution in [1.29, 1.82) is 5.26 Å². The maximum Gasteiger partial charge on any atom is 0.471 e. The van der Waals surface area contributed by atoms with Crippen LogP contribution in [0, 0.1) is 11.3 Å². The van der Waals surface area contributed by atoms with Gasteiger partial charge in [-0.05, 0) is 48.9 Å². The van der Waals surface area contributed by atoms with Gasteiger partial charge in [0, 0.05) is 0 Å². The zero-order valence-corrected chi connectivity index (χ0v) is 19.8. The van der Waals surface area contributed by atoms with E-state index in [0.29, 0.717) is 33.2 Å². The second-order valence-corrected chi connectivity index (χ2v) is 8.95. The minimum absolute atomic E-state index is 0.115. The highest BCUT2D eigenvalue weighted by atomic mass is 31.2. The molecule has 10 nitrogen and oxygen atoms in total. The number of likely N-dealkylation sites (tertiary alicyclic amines) is 1. The third-order valence-corrected chi connectivity index (χ3v) is 5.88. The van der Waals surface area contributed by atoms with E-state index in [1.165, 1.54) is 6.92 Å². The molecule has 3 aromatic carbocycles. The number of hydrogen-bond acceptors (Lipinski definition) is 7. The number of nitriles is 1. The number of phosphoric ester groups is 1. The summed E-state index contributed by atoms with van der Waals surface area (Å²) in [6.45, 7) is 1.20. The van der Waals surface area contributed by atoms with E-state index in [2.05, 4.69) is 15.6 Å². The molecule has 11 heteroatoms. The third-order valence-electron chi connectivity index (χ3n) is 5.30. The van der Waals surface area contributed by atoms with Gasteiger partial charge in [0.25, 0.3) is 5.91 Å². The van der Waals surface area contributed by atoms with E-state index in [1.54, 1.807) is 78.9 Å². The highest BCUT2D eigenvalue weighted by Crippen LogP contribution is 2.40. The fraction of sp³-hybridized carbons (Fsp3) is 0.120. The molecule has 3 aromatic rings. The minimum atomic E-state index is -4.97. The first-order chi connectivity index (χ1) is 17.2. The van der Waals surface area contributed by atoms with Crippen LogP contribution in [-0.4, -0.2) is 38.4 Å². The van der Waals surface area contributed by atoms with Crippen LogP contribution in [-0.2, 0) is 18.7 Å². The van der Waals surface area contributed by atoms with Gasteiger partial charge in [0.15, 0.2) is 0 Å². The number of imide groups is 1. The summed E-state index contributed by atoms with van der Waals surface area (Å²) < 4.78 is 21.7. The molecule has 2 atom stereocenters. The molecule has 0 bridgehead atoms. The average Bonchev–Trinajstić information content (AvgIpc) is 3.09. The highest BCUT2D eigenvalue weighted by molar-refractivity contribution is 7.46. The summed E-state index contributed by atoms with van der Waals surface area (Å²) in [5, 5.41) is 9.22. The number of carbonyl (C=O) groups is 2. The van der Waals surface area contributed by atoms with Gasteiger partial charge in [-0.15, -0.1) is 0 Å². The van der Waals surface area contributed by atoms with E-state index in [9.17, 15) is 19.4 Å². The summed E-state index contributed by atoms with van der Waals surface area (Å²) >= 11 is 0. The van der Waals surface area contributed by atoms with Crippen molar-refractivity contribution in [3.05, 3.63) is 90.0 Å². The van der Waals surface area contributed by atoms with Crippen LogP contribution < -0.4 is 4.74 Å². The Balaban J connectivity index is 1.66. The zero-order chi connectivity index (χ0) is 25.9. The number of hydrogen-bond donors (Lipinski definition) is 2. The number of rotatable bonds is 7. The number of phosphoric acid groups is 1. The summed E-state index contributed by atoms with van der Waals surface area (Å²) in [6, 6.07) is 23.6. The number of ether oxygens (including phenoxy) is 1. The Bertz CT molecular complexity index is 1410. The first kappa shape index (κ1) is 25.0. The lowest BCUT2D eigenvalue weighted by atomic mass is 9.96. The molecular formula is C25H20N3O7P. The van der Waals surface area contributed by atoms with Crippen molar-refractivity contribution in [2.24, 2.45) is 4.99 Å². The topological polar surface area (TPSA) is 150 Å². The van der Waals surface area contributed by atoms with Crippen LogP contribution in [0.2, 0.25) is 0 Å². The average molecular weight is 505 g/mol. The molecule has 1 fully saturated rings. The van der Waals surface area contributed by atoms with Crippen molar-refractivity contribution in [2.45, 2.75) is 19.1 Å². The minimum Gasteiger partial charge on any atom is -0.456 e. The first-order valence-corrected chi connectivity index (χ1v) is 12.2. The molecule has 0 radical (unpaired) electrons. The van der Waals surface area contributed by atoms with Crippen LogP contribution >= 0.6 is 7.82 Å². The quantitative estimate of drug-likeness (QED) is 0.361. The Morgan fingerprint density at radius 1 is 1.00 bits per heavy atom. The molecule has 2 amide bonds. The lowest BCUT2D eigenvalue weighted by Gasteiger charge is -2.22. The smallest absolute Gasteiger partial charge is 0.456 e. The van der Waals surface area contributed by atoms with Crippen LogP contribution in [0.25, 0.3) is 0 Å². The highest BCUT2D eigenvalue weighted by Gasteiger charge is 2.49. The molecule has 2 N–H and O–H groups in total. The van der Waals surface area contributed by atoms with Gasteiger partial charge in [-0.25, -0.2) is 14.5 Å². The molecule has 0 spiro atoms. The number of carbonyl (C=O) groups excluding carboxylic acids is 2. The number of amides is 2. The molecule has 0 aromatic heterocycles. The van der Waals surface area contributed by atoms with Crippen molar-refractivity contribution in [3.63, 3.8) is 0 Å². The van der Waals surface area contributed by atoms with Gasteiger partial charge in [-0.2, -0.15) is 5.26 Å². The Morgan fingerprint density at radius 2 is 1.64 bits per heavy atom. The van der Waals surface area contributed by atoms with Crippen LogP contribution in [0.4, 0.5) is 5.69 Å². The van der Waals surface area contributed by atoms with Crippen molar-refractivity contribution in [2.75, 3.05) is 0 Å². The number of aliphatic imine (C=N–C) groups is 1. The number of para-hydroxylation sites is 1. The molecule has 1 heterocycles. The molecule has 182 valence electrons. The fourth-order valence-corrected chi connectivity index (χ4v) is 4.25. The predicted molar refractivity (Wildman–Crippen MR) is 128 cm³/mol. The molecule has 1 saturated heterocycles. The lowest BCUT2D eigenvalue weighted by molar-refractivity contribution is -0.146. The molecule has 1 aliphatic heterocycles. The van der Waals surface area contributed by atoms with Gasteiger partial charge in [0.05, 0.1) is 11.3 Å². The maximum absolute atomic E-state index is 13.2. The number of nitrogens with zero attached hydrogens (tertiary/aromatic N) is 3. The van der Waals surface area contributed by atoms with E-state index in [1.807, 2.05) is 0 Å². The molecule has 1 aliphatic rings. The van der Waals surface area contributed by atoms with E-state index in [4.69, 9.17) is 14.5 Å². The van der Waals surface area contributed by atoms with E-state index in [-0.39, 0.29) is 5.71 Å². The SMILES string of the molecule is CC(OP(=O)(O)O)N1C(=O)C(=Nc2ccc(Oc3ccccc3C#N)cc2)C(c2ccccc2)C1=O. The van der Waals surface area contributed by atoms with Gasteiger partial charge in [0.2, 0.25) is 5.91 Å². The van der Waals surface area contributed by atoms with Gasteiger partial charge >= 0.3 is 7.82 Å². The Labute approximate surface area is 206 Å². The van der Waals surface area contributed by atoms with E-state index >= 15 is 0 Å². The summed E-state index contributed by atoms with van der Waals surface area (Å²) in [7, 11) is -4.97. The van der Waals surface area contributed by atoms with Crippen LogP contribution in [0.15, 0.2) is 83.9 Å². The standard InChI is InChI=1S/C25H20N3O7P/c1-16(35-36(31,32)33)28-24(29)22(17-7-3-2-4-8-17)23(25(28)30)27-19-11-13-20(14-12-19)34-21-10-6-5-9-18(21)15-26/h2-14,16,22H,1H3,(H2,31,32,33). The lowest BCUT2D eigenvalue weighted by Crippen LogP contribution is -2.40. The first-order valence-electron chi connectivity index (χ1n) is 10.7. The summed E-state index contributed by atoms with van der Waals surface area (Å²) in [5.41, 5.74) is 1.09. The third kappa shape index (κ3) is 5.40. The number of benzene rings is 3. The van der Waals surface area contributed by atoms with Crippen LogP contribution in [0.3, 0.4) is 0 Å². The van der Waals surface area contributed by atoms with Gasteiger partial charge in [-0.3, -0.25) is 14.1 Å². The monoisotopic (exact) mass is 505 g/mol. The summed E-state index contributed by atoms with van der Waals surface area (Å²) in [6.07, 6.45) is -1.51. The van der Waals surface area contributed by atoms with Gasteiger partial charge in [-0.1, -0.05) is 42.5 Å². The molecule has 4 rings (SSSR count). The van der Waals surface area contributed by atoms with Crippen molar-refractivity contribution in [3.8, 4) is 17.6 Å². The molecular weight excluding hydrogens is 485 g/mol. The van der Waals surface area contributed by atoms with E-state index < -0.39 is 31.8 Å². The molecule has 0 saturated carbocycles. The van der Waals surface area contributed by atoms with Gasteiger partial charge < -0.3 is 14.5 Å². The van der Waals surface area contributed by atoms with Crippen molar-refractivity contribution < 1.29 is 33.2 Å². The maximum atomic E-state index is 13.2. The van der Waals surface area contributed by atoms with Gasteiger partial charge in [0.1, 0.15) is 35.4 Å². The van der Waals surface area contributed by atoms with E-state index in [0.717, 1.165) is 0 Å². The Morgan fingerprint density at radius 3 is 2.28 bits per heavy atom. The largest absolute Gasteiger partial charge is 0.471 e. The fourth-order valence-electron chi connectivity index (χ4n) is 3.75. The van der Waals surface area contributed by atoms with Crippen molar-refractivity contribution >= 4 is 31.0 Å². The normalized spacial score (nSPS) is 17.8. The molecule has 0 aliphatic carbocycles. The van der Waals surface area contributed by atoms with Crippen molar-refractivity contribution in [1.82, 2.24) is 4.90 Å². The molecule has 2 unspecified atom stereocenters. The Kier molecular flexibility index (Phi) is 7.10. The van der Waals surface area contributed by atoms with Crippen LogP contribution in [0.1, 0.15) is 24.0 Å². The predicted octanol–water partition coefficient (Wildman–Crippen LogP) is 4.03. The zero-order valence-electron chi connectivity index (χ0n) is 18.9. The summed E-state index contributed by atoms with van der Waals surface area (Å²) in [4.78, 5) is 49.8. The Hall–Kier alpha value is -4.13.